The van der Waals surface area contributed by atoms with Crippen molar-refractivity contribution in [2.75, 3.05) is 25.5 Å². The molecule has 1 heterocycles. The number of fused-ring (bicyclic) bond motifs is 1. The smallest absolute Gasteiger partial charge is 0.239 e. The van der Waals surface area contributed by atoms with Crippen molar-refractivity contribution in [2.24, 2.45) is 5.92 Å². The molecule has 0 aliphatic carbocycles. The Hall–Kier alpha value is -1.82. The third-order valence-electron chi connectivity index (χ3n) is 2.70. The van der Waals surface area contributed by atoms with Crippen LogP contribution in [0.5, 0.6) is 5.75 Å². The van der Waals surface area contributed by atoms with Gasteiger partial charge in [-0.15, -0.1) is 0 Å². The highest BCUT2D eigenvalue weighted by Crippen LogP contribution is 2.28. The molecule has 5 nitrogen and oxygen atoms in total. The Labute approximate surface area is 122 Å². The van der Waals surface area contributed by atoms with E-state index in [2.05, 4.69) is 29.5 Å². The van der Waals surface area contributed by atoms with Crippen LogP contribution in [0.15, 0.2) is 18.2 Å². The van der Waals surface area contributed by atoms with Gasteiger partial charge in [-0.1, -0.05) is 25.2 Å². The average molecular weight is 293 g/mol. The molecule has 20 heavy (non-hydrogen) atoms. The molecule has 1 aromatic carbocycles. The van der Waals surface area contributed by atoms with Crippen LogP contribution in [-0.4, -0.2) is 31.1 Å². The monoisotopic (exact) mass is 293 g/mol. The van der Waals surface area contributed by atoms with Gasteiger partial charge in [-0.05, 0) is 24.1 Å². The number of nitrogens with zero attached hydrogens (tertiary/aromatic N) is 1. The lowest BCUT2D eigenvalue weighted by Gasteiger charge is -2.07. The van der Waals surface area contributed by atoms with E-state index in [-0.39, 0.29) is 12.5 Å². The Morgan fingerprint density at radius 1 is 1.45 bits per heavy atom. The van der Waals surface area contributed by atoms with E-state index in [9.17, 15) is 4.79 Å². The van der Waals surface area contributed by atoms with E-state index in [4.69, 9.17) is 4.74 Å². The van der Waals surface area contributed by atoms with Gasteiger partial charge in [-0.3, -0.25) is 4.79 Å². The molecule has 1 amide bonds. The molecule has 0 aliphatic rings. The van der Waals surface area contributed by atoms with Crippen LogP contribution in [0.25, 0.3) is 10.2 Å². The molecule has 6 heteroatoms. The number of aromatic nitrogens is 1. The standard InChI is InChI=1S/C14H19N3O2S/c1-9(2)7-15-13(18)8-16-14-17-11-5-4-10(19-3)6-12(11)20-14/h4-6,9H,7-8H2,1-3H3,(H,15,18)(H,16,17). The van der Waals surface area contributed by atoms with Crippen molar-refractivity contribution in [2.45, 2.75) is 13.8 Å². The van der Waals surface area contributed by atoms with Gasteiger partial charge in [0.05, 0.1) is 23.9 Å². The van der Waals surface area contributed by atoms with E-state index in [0.29, 0.717) is 12.5 Å². The van der Waals surface area contributed by atoms with Crippen molar-refractivity contribution in [3.63, 3.8) is 0 Å². The second kappa shape index (κ2) is 6.56. The van der Waals surface area contributed by atoms with Gasteiger partial charge in [-0.25, -0.2) is 4.98 Å². The third kappa shape index (κ3) is 3.84. The number of nitrogens with one attached hydrogen (secondary N) is 2. The van der Waals surface area contributed by atoms with Gasteiger partial charge in [0.2, 0.25) is 5.91 Å². The number of rotatable bonds is 6. The van der Waals surface area contributed by atoms with Crippen LogP contribution in [0.3, 0.4) is 0 Å². The summed E-state index contributed by atoms with van der Waals surface area (Å²) in [6, 6.07) is 5.73. The lowest BCUT2D eigenvalue weighted by Crippen LogP contribution is -2.32. The number of thiazole rings is 1. The third-order valence-corrected chi connectivity index (χ3v) is 3.68. The zero-order valence-corrected chi connectivity index (χ0v) is 12.7. The van der Waals surface area contributed by atoms with Crippen molar-refractivity contribution < 1.29 is 9.53 Å². The summed E-state index contributed by atoms with van der Waals surface area (Å²) in [5.74, 6) is 1.24. The molecular formula is C14H19N3O2S. The molecule has 2 rings (SSSR count). The van der Waals surface area contributed by atoms with E-state index >= 15 is 0 Å². The molecule has 0 unspecified atom stereocenters. The number of carbonyl (C=O) groups is 1. The number of amides is 1. The van der Waals surface area contributed by atoms with Gasteiger partial charge in [-0.2, -0.15) is 0 Å². The highest BCUT2D eigenvalue weighted by molar-refractivity contribution is 7.22. The summed E-state index contributed by atoms with van der Waals surface area (Å²) in [4.78, 5) is 16.0. The fourth-order valence-electron chi connectivity index (χ4n) is 1.64. The number of hydrogen-bond acceptors (Lipinski definition) is 5. The zero-order valence-electron chi connectivity index (χ0n) is 11.9. The highest BCUT2D eigenvalue weighted by atomic mass is 32.1. The molecule has 0 bridgehead atoms. The number of carbonyl (C=O) groups excluding carboxylic acids is 1. The van der Waals surface area contributed by atoms with E-state index in [0.717, 1.165) is 21.1 Å². The molecule has 2 N–H and O–H groups in total. The normalized spacial score (nSPS) is 10.8. The maximum atomic E-state index is 11.6. The topological polar surface area (TPSA) is 63.2 Å². The second-order valence-corrected chi connectivity index (χ2v) is 5.93. The molecular weight excluding hydrogens is 274 g/mol. The minimum absolute atomic E-state index is 0.0180. The molecule has 0 radical (unpaired) electrons. The molecule has 1 aromatic heterocycles. The molecule has 0 atom stereocenters. The van der Waals surface area contributed by atoms with Gasteiger partial charge in [0, 0.05) is 6.54 Å². The number of methoxy groups -OCH3 is 1. The molecule has 108 valence electrons. The average Bonchev–Trinajstić information content (AvgIpc) is 2.84. The predicted octanol–water partition coefficient (Wildman–Crippen LogP) is 2.49. The van der Waals surface area contributed by atoms with Crippen LogP contribution in [0.1, 0.15) is 13.8 Å². The van der Waals surface area contributed by atoms with Crippen LogP contribution in [-0.2, 0) is 4.79 Å². The van der Waals surface area contributed by atoms with Crippen molar-refractivity contribution in [3.8, 4) is 5.75 Å². The van der Waals surface area contributed by atoms with Crippen LogP contribution in [0.4, 0.5) is 5.13 Å². The summed E-state index contributed by atoms with van der Waals surface area (Å²) in [7, 11) is 1.64. The van der Waals surface area contributed by atoms with Crippen LogP contribution >= 0.6 is 11.3 Å². The lowest BCUT2D eigenvalue weighted by atomic mass is 10.2. The van der Waals surface area contributed by atoms with Crippen molar-refractivity contribution in [3.05, 3.63) is 18.2 Å². The molecule has 0 fully saturated rings. The molecule has 0 saturated heterocycles. The van der Waals surface area contributed by atoms with Crippen molar-refractivity contribution in [1.82, 2.24) is 10.3 Å². The first-order valence-electron chi connectivity index (χ1n) is 6.53. The van der Waals surface area contributed by atoms with Gasteiger partial charge < -0.3 is 15.4 Å². The van der Waals surface area contributed by atoms with Gasteiger partial charge >= 0.3 is 0 Å². The summed E-state index contributed by atoms with van der Waals surface area (Å²) in [6.07, 6.45) is 0. The summed E-state index contributed by atoms with van der Waals surface area (Å²) < 4.78 is 6.21. The highest BCUT2D eigenvalue weighted by Gasteiger charge is 2.07. The predicted molar refractivity (Wildman–Crippen MR) is 82.5 cm³/mol. The molecule has 0 spiro atoms. The minimum Gasteiger partial charge on any atom is -0.497 e. The maximum absolute atomic E-state index is 11.6. The first kappa shape index (κ1) is 14.6. The second-order valence-electron chi connectivity index (χ2n) is 4.90. The fourth-order valence-corrected chi connectivity index (χ4v) is 2.53. The number of benzene rings is 1. The first-order valence-corrected chi connectivity index (χ1v) is 7.35. The largest absolute Gasteiger partial charge is 0.497 e. The quantitative estimate of drug-likeness (QED) is 0.859. The number of ether oxygens (including phenoxy) is 1. The van der Waals surface area contributed by atoms with E-state index in [1.807, 2.05) is 18.2 Å². The van der Waals surface area contributed by atoms with Gasteiger partial charge in [0.1, 0.15) is 5.75 Å². The minimum atomic E-state index is -0.0180. The molecule has 0 saturated carbocycles. The van der Waals surface area contributed by atoms with Gasteiger partial charge in [0.15, 0.2) is 5.13 Å². The summed E-state index contributed by atoms with van der Waals surface area (Å²) in [5.41, 5.74) is 0.904. The Kier molecular flexibility index (Phi) is 4.79. The maximum Gasteiger partial charge on any atom is 0.239 e. The van der Waals surface area contributed by atoms with E-state index in [1.54, 1.807) is 7.11 Å². The lowest BCUT2D eigenvalue weighted by molar-refractivity contribution is -0.119. The van der Waals surface area contributed by atoms with Crippen LogP contribution in [0.2, 0.25) is 0 Å². The Balaban J connectivity index is 1.94. The molecule has 2 aromatic rings. The summed E-state index contributed by atoms with van der Waals surface area (Å²) in [5, 5.41) is 6.65. The van der Waals surface area contributed by atoms with Crippen LogP contribution < -0.4 is 15.4 Å². The Morgan fingerprint density at radius 3 is 2.95 bits per heavy atom. The van der Waals surface area contributed by atoms with E-state index in [1.165, 1.54) is 11.3 Å². The SMILES string of the molecule is COc1ccc2nc(NCC(=O)NCC(C)C)sc2c1. The van der Waals surface area contributed by atoms with E-state index < -0.39 is 0 Å². The molecule has 0 aliphatic heterocycles. The fraction of sp³-hybridized carbons (Fsp3) is 0.429. The summed E-state index contributed by atoms with van der Waals surface area (Å²) >= 11 is 1.51. The first-order chi connectivity index (χ1) is 9.58. The van der Waals surface area contributed by atoms with Crippen molar-refractivity contribution >= 4 is 32.6 Å². The number of anilines is 1. The van der Waals surface area contributed by atoms with Crippen LogP contribution in [0, 0.1) is 5.92 Å². The Morgan fingerprint density at radius 2 is 2.25 bits per heavy atom. The number of hydrogen-bond donors (Lipinski definition) is 2. The Bertz CT molecular complexity index is 595. The summed E-state index contributed by atoms with van der Waals surface area (Å²) in [6.45, 7) is 5.06. The van der Waals surface area contributed by atoms with Crippen molar-refractivity contribution in [1.29, 1.82) is 0 Å². The zero-order chi connectivity index (χ0) is 14.5. The van der Waals surface area contributed by atoms with Gasteiger partial charge in [0.25, 0.3) is 0 Å².